The smallest absolute Gasteiger partial charge is 0.229 e. The maximum absolute atomic E-state index is 11.2. The third-order valence-corrected chi connectivity index (χ3v) is 2.76. The number of carbonyl (C=O) groups is 2. The summed E-state index contributed by atoms with van der Waals surface area (Å²) in [5.74, 6) is -0.00231. The first-order valence-corrected chi connectivity index (χ1v) is 3.92. The lowest BCUT2D eigenvalue weighted by Crippen LogP contribution is -2.41. The Morgan fingerprint density at radius 3 is 2.00 bits per heavy atom. The minimum atomic E-state index is -0.00116. The molecule has 0 N–H and O–H groups in total. The van der Waals surface area contributed by atoms with Crippen LogP contribution >= 0.6 is 0 Å². The lowest BCUT2D eigenvalue weighted by atomic mass is 9.93. The molecule has 0 radical (unpaired) electrons. The molecule has 0 aromatic carbocycles. The van der Waals surface area contributed by atoms with E-state index in [1.54, 1.807) is 7.05 Å². The van der Waals surface area contributed by atoms with E-state index < -0.39 is 0 Å². The highest BCUT2D eigenvalue weighted by Gasteiger charge is 2.50. The molecule has 0 aromatic heterocycles. The molecule has 2 amide bonds. The van der Waals surface area contributed by atoms with Crippen LogP contribution in [0.4, 0.5) is 0 Å². The zero-order valence-corrected chi connectivity index (χ0v) is 6.59. The van der Waals surface area contributed by atoms with E-state index in [-0.39, 0.29) is 17.2 Å². The van der Waals surface area contributed by atoms with Crippen molar-refractivity contribution in [2.75, 3.05) is 7.05 Å². The van der Waals surface area contributed by atoms with E-state index in [2.05, 4.69) is 0 Å². The molecular formula is C8H11NO2. The fourth-order valence-corrected chi connectivity index (χ4v) is 1.61. The van der Waals surface area contributed by atoms with Crippen LogP contribution in [0.3, 0.4) is 0 Å². The third kappa shape index (κ3) is 0.951. The van der Waals surface area contributed by atoms with Crippen molar-refractivity contribution in [1.82, 2.24) is 4.90 Å². The van der Waals surface area contributed by atoms with Crippen molar-refractivity contribution < 1.29 is 9.59 Å². The Kier molecular flexibility index (Phi) is 1.14. The first kappa shape index (κ1) is 6.83. The topological polar surface area (TPSA) is 37.4 Å². The Morgan fingerprint density at radius 1 is 1.18 bits per heavy atom. The Morgan fingerprint density at radius 2 is 1.64 bits per heavy atom. The lowest BCUT2D eigenvalue weighted by Gasteiger charge is -2.26. The van der Waals surface area contributed by atoms with Gasteiger partial charge in [-0.1, -0.05) is 0 Å². The predicted octanol–water partition coefficient (Wildman–Crippen LogP) is 0.545. The second kappa shape index (κ2) is 1.84. The molecular weight excluding hydrogens is 142 g/mol. The minimum Gasteiger partial charge on any atom is -0.286 e. The summed E-state index contributed by atoms with van der Waals surface area (Å²) < 4.78 is 0. The Bertz CT molecular complexity index is 210. The van der Waals surface area contributed by atoms with Gasteiger partial charge < -0.3 is 0 Å². The predicted molar refractivity (Wildman–Crippen MR) is 38.7 cm³/mol. The van der Waals surface area contributed by atoms with Gasteiger partial charge in [0.2, 0.25) is 11.8 Å². The van der Waals surface area contributed by atoms with Gasteiger partial charge in [-0.25, -0.2) is 0 Å². The van der Waals surface area contributed by atoms with Crippen molar-refractivity contribution in [3.05, 3.63) is 0 Å². The number of amides is 2. The van der Waals surface area contributed by atoms with Crippen LogP contribution in [0.15, 0.2) is 0 Å². The van der Waals surface area contributed by atoms with Crippen LogP contribution in [0.2, 0.25) is 0 Å². The fourth-order valence-electron chi connectivity index (χ4n) is 1.61. The number of piperidine rings is 1. The van der Waals surface area contributed by atoms with E-state index in [1.807, 2.05) is 0 Å². The molecule has 3 nitrogen and oxygen atoms in total. The fraction of sp³-hybridized carbons (Fsp3) is 0.750. The van der Waals surface area contributed by atoms with Crippen molar-refractivity contribution in [2.45, 2.75) is 25.7 Å². The van der Waals surface area contributed by atoms with Gasteiger partial charge in [0, 0.05) is 19.9 Å². The Hall–Kier alpha value is -0.860. The maximum atomic E-state index is 11.2. The zero-order chi connectivity index (χ0) is 8.06. The molecule has 0 unspecified atom stereocenters. The van der Waals surface area contributed by atoms with Crippen molar-refractivity contribution in [1.29, 1.82) is 0 Å². The molecule has 0 aromatic rings. The number of likely N-dealkylation sites (tertiary alicyclic amines) is 1. The SMILES string of the molecule is CN1C(=O)CC2(CC2)CC1=O. The summed E-state index contributed by atoms with van der Waals surface area (Å²) in [5, 5.41) is 0. The van der Waals surface area contributed by atoms with Crippen LogP contribution in [0, 0.1) is 5.41 Å². The van der Waals surface area contributed by atoms with E-state index in [1.165, 1.54) is 4.90 Å². The molecule has 0 bridgehead atoms. The lowest BCUT2D eigenvalue weighted by molar-refractivity contribution is -0.148. The average molecular weight is 153 g/mol. The largest absolute Gasteiger partial charge is 0.286 e. The van der Waals surface area contributed by atoms with Gasteiger partial charge in [0.25, 0.3) is 0 Å². The number of imide groups is 1. The summed E-state index contributed by atoms with van der Waals surface area (Å²) in [5.41, 5.74) is 0.112. The molecule has 1 spiro atoms. The van der Waals surface area contributed by atoms with E-state index in [4.69, 9.17) is 0 Å². The first-order chi connectivity index (χ1) is 5.13. The molecule has 1 saturated carbocycles. The van der Waals surface area contributed by atoms with Gasteiger partial charge in [0.1, 0.15) is 0 Å². The van der Waals surface area contributed by atoms with Gasteiger partial charge in [-0.05, 0) is 18.3 Å². The minimum absolute atomic E-state index is 0.00116. The molecule has 0 atom stereocenters. The molecule has 3 heteroatoms. The number of hydrogen-bond acceptors (Lipinski definition) is 2. The highest BCUT2D eigenvalue weighted by molar-refractivity contribution is 5.98. The van der Waals surface area contributed by atoms with Crippen LogP contribution in [-0.2, 0) is 9.59 Å². The molecule has 1 saturated heterocycles. The first-order valence-electron chi connectivity index (χ1n) is 3.92. The van der Waals surface area contributed by atoms with Crippen LogP contribution in [0.1, 0.15) is 25.7 Å². The summed E-state index contributed by atoms with van der Waals surface area (Å²) in [7, 11) is 1.57. The van der Waals surface area contributed by atoms with Crippen molar-refractivity contribution in [3.63, 3.8) is 0 Å². The molecule has 1 heterocycles. The van der Waals surface area contributed by atoms with E-state index in [0.717, 1.165) is 12.8 Å². The number of hydrogen-bond donors (Lipinski definition) is 0. The number of carbonyl (C=O) groups excluding carboxylic acids is 2. The van der Waals surface area contributed by atoms with Gasteiger partial charge in [0.05, 0.1) is 0 Å². The number of nitrogens with zero attached hydrogens (tertiary/aromatic N) is 1. The van der Waals surface area contributed by atoms with Crippen molar-refractivity contribution in [3.8, 4) is 0 Å². The maximum Gasteiger partial charge on any atom is 0.229 e. The molecule has 2 aliphatic rings. The summed E-state index contributed by atoms with van der Waals surface area (Å²) in [4.78, 5) is 23.6. The van der Waals surface area contributed by atoms with Gasteiger partial charge in [-0.2, -0.15) is 0 Å². The highest BCUT2D eigenvalue weighted by Crippen LogP contribution is 2.53. The van der Waals surface area contributed by atoms with Crippen molar-refractivity contribution in [2.24, 2.45) is 5.41 Å². The summed E-state index contributed by atoms with van der Waals surface area (Å²) in [6, 6.07) is 0. The Labute approximate surface area is 65.4 Å². The van der Waals surface area contributed by atoms with Crippen LogP contribution < -0.4 is 0 Å². The van der Waals surface area contributed by atoms with Gasteiger partial charge in [-0.15, -0.1) is 0 Å². The molecule has 11 heavy (non-hydrogen) atoms. The molecule has 2 rings (SSSR count). The Balaban J connectivity index is 2.17. The van der Waals surface area contributed by atoms with Crippen LogP contribution in [0.25, 0.3) is 0 Å². The van der Waals surface area contributed by atoms with E-state index in [0.29, 0.717) is 12.8 Å². The van der Waals surface area contributed by atoms with Gasteiger partial charge in [0.15, 0.2) is 0 Å². The van der Waals surface area contributed by atoms with Gasteiger partial charge >= 0.3 is 0 Å². The normalized spacial score (nSPS) is 27.9. The standard InChI is InChI=1S/C8H11NO2/c1-9-6(10)4-8(2-3-8)5-7(9)11/h2-5H2,1H3. The molecule has 1 aliphatic carbocycles. The highest BCUT2D eigenvalue weighted by atomic mass is 16.2. The average Bonchev–Trinajstić information content (AvgIpc) is 2.65. The van der Waals surface area contributed by atoms with Gasteiger partial charge in [-0.3, -0.25) is 14.5 Å². The molecule has 60 valence electrons. The second-order valence-corrected chi connectivity index (χ2v) is 3.70. The van der Waals surface area contributed by atoms with Crippen molar-refractivity contribution >= 4 is 11.8 Å². The number of rotatable bonds is 0. The van der Waals surface area contributed by atoms with Crippen LogP contribution in [-0.4, -0.2) is 23.8 Å². The summed E-state index contributed by atoms with van der Waals surface area (Å²) in [6.45, 7) is 0. The molecule has 1 aliphatic heterocycles. The third-order valence-electron chi connectivity index (χ3n) is 2.76. The second-order valence-electron chi connectivity index (χ2n) is 3.70. The summed E-state index contributed by atoms with van der Waals surface area (Å²) >= 11 is 0. The molecule has 2 fully saturated rings. The quantitative estimate of drug-likeness (QED) is 0.476. The monoisotopic (exact) mass is 153 g/mol. The summed E-state index contributed by atoms with van der Waals surface area (Å²) in [6.07, 6.45) is 3.32. The van der Waals surface area contributed by atoms with E-state index in [9.17, 15) is 9.59 Å². The van der Waals surface area contributed by atoms with E-state index >= 15 is 0 Å². The van der Waals surface area contributed by atoms with Crippen LogP contribution in [0.5, 0.6) is 0 Å². The zero-order valence-electron chi connectivity index (χ0n) is 6.59.